The number of aromatic nitrogens is 4. The van der Waals surface area contributed by atoms with Crippen LogP contribution >= 0.6 is 0 Å². The van der Waals surface area contributed by atoms with Crippen molar-refractivity contribution in [3.63, 3.8) is 0 Å². The predicted molar refractivity (Wildman–Crippen MR) is 109 cm³/mol. The van der Waals surface area contributed by atoms with Crippen LogP contribution < -0.4 is 5.32 Å². The highest BCUT2D eigenvalue weighted by atomic mass is 16.2. The highest BCUT2D eigenvalue weighted by Crippen LogP contribution is 2.19. The van der Waals surface area contributed by atoms with E-state index in [-0.39, 0.29) is 11.9 Å². The van der Waals surface area contributed by atoms with Crippen molar-refractivity contribution in [1.29, 1.82) is 0 Å². The standard InChI is InChI=1S/C22H23N5O/c1-3-18(21-15(2)7-6-11-23-21)24-22(28)19-13-17(25-26-19)14-27-12-10-16-8-4-5-9-20(16)27/h4-13,18H,3,14H2,1-2H3,(H,24,28)(H,25,26)/t18-/m0/s1. The molecule has 28 heavy (non-hydrogen) atoms. The smallest absolute Gasteiger partial charge is 0.272 e. The zero-order chi connectivity index (χ0) is 19.5. The summed E-state index contributed by atoms with van der Waals surface area (Å²) in [5.41, 5.74) is 4.39. The summed E-state index contributed by atoms with van der Waals surface area (Å²) >= 11 is 0. The summed E-state index contributed by atoms with van der Waals surface area (Å²) < 4.78 is 2.14. The van der Waals surface area contributed by atoms with E-state index < -0.39 is 0 Å². The number of hydrogen-bond donors (Lipinski definition) is 2. The largest absolute Gasteiger partial charge is 0.342 e. The van der Waals surface area contributed by atoms with E-state index in [4.69, 9.17) is 0 Å². The van der Waals surface area contributed by atoms with Crippen LogP contribution in [0.3, 0.4) is 0 Å². The van der Waals surface area contributed by atoms with Gasteiger partial charge >= 0.3 is 0 Å². The minimum Gasteiger partial charge on any atom is -0.342 e. The van der Waals surface area contributed by atoms with Crippen LogP contribution in [-0.4, -0.2) is 25.7 Å². The molecule has 3 aromatic heterocycles. The molecule has 0 saturated heterocycles. The molecule has 6 heteroatoms. The number of H-pyrrole nitrogens is 1. The third-order valence-corrected chi connectivity index (χ3v) is 4.98. The van der Waals surface area contributed by atoms with Crippen LogP contribution in [0.4, 0.5) is 0 Å². The van der Waals surface area contributed by atoms with Gasteiger partial charge < -0.3 is 9.88 Å². The number of carbonyl (C=O) groups excluding carboxylic acids is 1. The molecular weight excluding hydrogens is 350 g/mol. The summed E-state index contributed by atoms with van der Waals surface area (Å²) in [6.45, 7) is 4.67. The molecule has 1 aromatic carbocycles. The number of aryl methyl sites for hydroxylation is 1. The van der Waals surface area contributed by atoms with Gasteiger partial charge in [0, 0.05) is 17.9 Å². The Bertz CT molecular complexity index is 1110. The summed E-state index contributed by atoms with van der Waals surface area (Å²) in [7, 11) is 0. The summed E-state index contributed by atoms with van der Waals surface area (Å²) in [6, 6.07) is 15.9. The van der Waals surface area contributed by atoms with Gasteiger partial charge in [0.1, 0.15) is 5.69 Å². The van der Waals surface area contributed by atoms with Gasteiger partial charge in [-0.05, 0) is 48.6 Å². The Balaban J connectivity index is 1.49. The molecule has 142 valence electrons. The van der Waals surface area contributed by atoms with Gasteiger partial charge in [0.05, 0.1) is 24.0 Å². The number of pyridine rings is 1. The maximum Gasteiger partial charge on any atom is 0.272 e. The van der Waals surface area contributed by atoms with Crippen LogP contribution in [0.1, 0.15) is 46.8 Å². The summed E-state index contributed by atoms with van der Waals surface area (Å²) in [5, 5.41) is 11.4. The van der Waals surface area contributed by atoms with E-state index in [0.717, 1.165) is 28.9 Å². The van der Waals surface area contributed by atoms with E-state index in [1.54, 1.807) is 6.20 Å². The number of carbonyl (C=O) groups is 1. The first-order chi connectivity index (χ1) is 13.7. The number of rotatable bonds is 6. The van der Waals surface area contributed by atoms with Crippen LogP contribution in [0.25, 0.3) is 10.9 Å². The molecule has 1 amide bonds. The quantitative estimate of drug-likeness (QED) is 0.536. The second kappa shape index (κ2) is 7.68. The first-order valence-corrected chi connectivity index (χ1v) is 9.46. The van der Waals surface area contributed by atoms with Crippen molar-refractivity contribution in [3.05, 3.63) is 83.6 Å². The zero-order valence-electron chi connectivity index (χ0n) is 16.0. The van der Waals surface area contributed by atoms with E-state index in [1.165, 1.54) is 5.39 Å². The van der Waals surface area contributed by atoms with Gasteiger partial charge in [0.15, 0.2) is 0 Å². The fourth-order valence-corrected chi connectivity index (χ4v) is 3.48. The SMILES string of the molecule is CC[C@H](NC(=O)c1cc(Cn2ccc3ccccc32)[nH]n1)c1ncccc1C. The molecular formula is C22H23N5O. The average Bonchev–Trinajstić information content (AvgIpc) is 3.35. The molecule has 2 N–H and O–H groups in total. The predicted octanol–water partition coefficient (Wildman–Crippen LogP) is 4.00. The maximum absolute atomic E-state index is 12.7. The zero-order valence-corrected chi connectivity index (χ0v) is 16.0. The van der Waals surface area contributed by atoms with Gasteiger partial charge in [-0.15, -0.1) is 0 Å². The van der Waals surface area contributed by atoms with Crippen LogP contribution in [0.5, 0.6) is 0 Å². The Morgan fingerprint density at radius 1 is 1.21 bits per heavy atom. The van der Waals surface area contributed by atoms with Crippen LogP contribution in [0, 0.1) is 6.92 Å². The van der Waals surface area contributed by atoms with Crippen molar-refractivity contribution in [2.45, 2.75) is 32.9 Å². The first kappa shape index (κ1) is 18.0. The fraction of sp³-hybridized carbons (Fsp3) is 0.227. The third kappa shape index (κ3) is 3.53. The molecule has 4 rings (SSSR count). The van der Waals surface area contributed by atoms with Crippen molar-refractivity contribution in [3.8, 4) is 0 Å². The highest BCUT2D eigenvalue weighted by molar-refractivity contribution is 5.92. The molecule has 0 aliphatic rings. The second-order valence-electron chi connectivity index (χ2n) is 6.92. The van der Waals surface area contributed by atoms with Crippen molar-refractivity contribution in [2.24, 2.45) is 0 Å². The Kier molecular flexibility index (Phi) is 4.93. The molecule has 0 aliphatic carbocycles. The molecule has 3 heterocycles. The average molecular weight is 373 g/mol. The van der Waals surface area contributed by atoms with Crippen LogP contribution in [-0.2, 0) is 6.54 Å². The van der Waals surface area contributed by atoms with Crippen molar-refractivity contribution in [2.75, 3.05) is 0 Å². The first-order valence-electron chi connectivity index (χ1n) is 9.46. The molecule has 0 unspecified atom stereocenters. The maximum atomic E-state index is 12.7. The van der Waals surface area contributed by atoms with Gasteiger partial charge in [0.25, 0.3) is 5.91 Å². The van der Waals surface area contributed by atoms with Crippen LogP contribution in [0.15, 0.2) is 60.9 Å². The topological polar surface area (TPSA) is 75.6 Å². The van der Waals surface area contributed by atoms with Gasteiger partial charge in [-0.1, -0.05) is 31.2 Å². The molecule has 6 nitrogen and oxygen atoms in total. The van der Waals surface area contributed by atoms with Gasteiger partial charge in [0.2, 0.25) is 0 Å². The minimum atomic E-state index is -0.197. The van der Waals surface area contributed by atoms with E-state index in [9.17, 15) is 4.79 Å². The van der Waals surface area contributed by atoms with E-state index in [1.807, 2.05) is 50.4 Å². The number of fused-ring (bicyclic) bond motifs is 1. The minimum absolute atomic E-state index is 0.137. The molecule has 4 aromatic rings. The molecule has 0 radical (unpaired) electrons. The Labute approximate surface area is 163 Å². The second-order valence-corrected chi connectivity index (χ2v) is 6.92. The molecule has 0 aliphatic heterocycles. The van der Waals surface area contributed by atoms with Gasteiger partial charge in [-0.25, -0.2) is 0 Å². The fourth-order valence-electron chi connectivity index (χ4n) is 3.48. The molecule has 0 bridgehead atoms. The Hall–Kier alpha value is -3.41. The number of benzene rings is 1. The monoisotopic (exact) mass is 373 g/mol. The lowest BCUT2D eigenvalue weighted by Gasteiger charge is -2.17. The van der Waals surface area contributed by atoms with E-state index in [2.05, 4.69) is 43.3 Å². The lowest BCUT2D eigenvalue weighted by molar-refractivity contribution is 0.0929. The number of hydrogen-bond acceptors (Lipinski definition) is 3. The lowest BCUT2D eigenvalue weighted by Crippen LogP contribution is -2.29. The Morgan fingerprint density at radius 2 is 2.07 bits per heavy atom. The third-order valence-electron chi connectivity index (χ3n) is 4.98. The number of nitrogens with one attached hydrogen (secondary N) is 2. The van der Waals surface area contributed by atoms with Crippen LogP contribution in [0.2, 0.25) is 0 Å². The number of para-hydroxylation sites is 1. The molecule has 0 spiro atoms. The lowest BCUT2D eigenvalue weighted by atomic mass is 10.1. The molecule has 1 atom stereocenters. The van der Waals surface area contributed by atoms with Gasteiger partial charge in [-0.2, -0.15) is 5.10 Å². The summed E-state index contributed by atoms with van der Waals surface area (Å²) in [5.74, 6) is -0.197. The van der Waals surface area contributed by atoms with Crippen molar-refractivity contribution >= 4 is 16.8 Å². The van der Waals surface area contributed by atoms with Gasteiger partial charge in [-0.3, -0.25) is 14.9 Å². The number of aromatic amines is 1. The Morgan fingerprint density at radius 3 is 2.89 bits per heavy atom. The van der Waals surface area contributed by atoms with Crippen molar-refractivity contribution < 1.29 is 4.79 Å². The van der Waals surface area contributed by atoms with Crippen molar-refractivity contribution in [1.82, 2.24) is 25.1 Å². The number of nitrogens with zero attached hydrogens (tertiary/aromatic N) is 3. The van der Waals surface area contributed by atoms with E-state index in [0.29, 0.717) is 12.2 Å². The van der Waals surface area contributed by atoms with E-state index >= 15 is 0 Å². The highest BCUT2D eigenvalue weighted by Gasteiger charge is 2.19. The number of amides is 1. The summed E-state index contributed by atoms with van der Waals surface area (Å²) in [4.78, 5) is 17.1. The molecule has 0 fully saturated rings. The summed E-state index contributed by atoms with van der Waals surface area (Å²) in [6.07, 6.45) is 4.56. The normalized spacial score (nSPS) is 12.2. The molecule has 0 saturated carbocycles.